The minimum absolute atomic E-state index is 0.147. The van der Waals surface area contributed by atoms with Gasteiger partial charge in [0.25, 0.3) is 11.8 Å². The van der Waals surface area contributed by atoms with Gasteiger partial charge in [-0.05, 0) is 41.6 Å². The molecule has 0 aliphatic heterocycles. The number of hydrogen-bond donors (Lipinski definition) is 3. The zero-order valence-corrected chi connectivity index (χ0v) is 19.6. The number of thiazole rings is 1. The molecular weight excluding hydrogens is 472 g/mol. The van der Waals surface area contributed by atoms with Crippen molar-refractivity contribution < 1.29 is 14.4 Å². The van der Waals surface area contributed by atoms with Crippen LogP contribution in [-0.2, 0) is 13.0 Å². The quantitative estimate of drug-likeness (QED) is 0.345. The molecule has 0 aliphatic carbocycles. The van der Waals surface area contributed by atoms with Crippen LogP contribution in [0.5, 0.6) is 0 Å². The summed E-state index contributed by atoms with van der Waals surface area (Å²) in [6.45, 7) is 0.598. The first-order chi connectivity index (χ1) is 16.4. The second kappa shape index (κ2) is 10.5. The molecule has 3 amide bonds. The average Bonchev–Trinajstić information content (AvgIpc) is 3.31. The Morgan fingerprint density at radius 1 is 0.941 bits per heavy atom. The van der Waals surface area contributed by atoms with Crippen LogP contribution >= 0.6 is 22.9 Å². The molecule has 3 aromatic carbocycles. The maximum atomic E-state index is 12.9. The number of hydrogen-bond acceptors (Lipinski definition) is 5. The number of nitrogens with one attached hydrogen (secondary N) is 2. The van der Waals surface area contributed by atoms with Gasteiger partial charge < -0.3 is 16.4 Å². The van der Waals surface area contributed by atoms with E-state index in [-0.39, 0.29) is 23.9 Å². The second-order valence-electron chi connectivity index (χ2n) is 7.52. The molecule has 0 unspecified atom stereocenters. The smallest absolute Gasteiger partial charge is 0.270 e. The van der Waals surface area contributed by atoms with E-state index in [2.05, 4.69) is 15.6 Å². The highest BCUT2D eigenvalue weighted by molar-refractivity contribution is 7.09. The molecule has 4 rings (SSSR count). The molecule has 0 aliphatic rings. The van der Waals surface area contributed by atoms with Crippen LogP contribution in [0.4, 0.5) is 0 Å². The first kappa shape index (κ1) is 23.4. The fraction of sp³-hybridized carbons (Fsp3) is 0.120. The molecule has 4 N–H and O–H groups in total. The Kier molecular flexibility index (Phi) is 7.20. The highest BCUT2D eigenvalue weighted by atomic mass is 35.5. The van der Waals surface area contributed by atoms with E-state index in [0.29, 0.717) is 39.6 Å². The molecule has 7 nitrogen and oxygen atoms in total. The Bertz CT molecular complexity index is 1380. The van der Waals surface area contributed by atoms with Crippen molar-refractivity contribution in [2.45, 2.75) is 13.0 Å². The number of carbonyl (C=O) groups excluding carboxylic acids is 3. The maximum absolute atomic E-state index is 12.9. The number of fused-ring (bicyclic) bond motifs is 1. The Hall–Kier alpha value is -3.75. The lowest BCUT2D eigenvalue weighted by Crippen LogP contribution is -2.26. The topological polar surface area (TPSA) is 114 Å². The number of primary amides is 1. The third-order valence-electron chi connectivity index (χ3n) is 5.19. The van der Waals surface area contributed by atoms with Gasteiger partial charge in [0.1, 0.15) is 10.7 Å². The van der Waals surface area contributed by atoms with Gasteiger partial charge in [-0.1, -0.05) is 48.0 Å². The number of carbonyl (C=O) groups is 3. The summed E-state index contributed by atoms with van der Waals surface area (Å²) in [4.78, 5) is 41.4. The fourth-order valence-electron chi connectivity index (χ4n) is 3.59. The molecule has 172 valence electrons. The highest BCUT2D eigenvalue weighted by Gasteiger charge is 2.16. The molecule has 0 fully saturated rings. The van der Waals surface area contributed by atoms with Crippen molar-refractivity contribution in [3.05, 3.63) is 98.5 Å². The van der Waals surface area contributed by atoms with Gasteiger partial charge in [-0.3, -0.25) is 14.4 Å². The summed E-state index contributed by atoms with van der Waals surface area (Å²) < 4.78 is 0. The normalized spacial score (nSPS) is 10.7. The standard InChI is InChI=1S/C25H21ClN4O3S/c26-17-7-1-4-15(12-17)10-11-28-25(33)20-14-34-21(30-20)13-29-24(32)19-9-3-6-16-5-2-8-18(22(16)19)23(27)31/h1-9,12,14H,10-11,13H2,(H2,27,31)(H,28,33)(H,29,32). The summed E-state index contributed by atoms with van der Waals surface area (Å²) >= 11 is 7.26. The van der Waals surface area contributed by atoms with E-state index < -0.39 is 5.91 Å². The maximum Gasteiger partial charge on any atom is 0.270 e. The van der Waals surface area contributed by atoms with Gasteiger partial charge in [-0.15, -0.1) is 11.3 Å². The van der Waals surface area contributed by atoms with Crippen molar-refractivity contribution in [3.63, 3.8) is 0 Å². The lowest BCUT2D eigenvalue weighted by Gasteiger charge is -2.10. The van der Waals surface area contributed by atoms with E-state index in [0.717, 1.165) is 10.9 Å². The molecule has 0 saturated heterocycles. The van der Waals surface area contributed by atoms with Gasteiger partial charge in [0, 0.05) is 33.5 Å². The lowest BCUT2D eigenvalue weighted by molar-refractivity contribution is 0.0945. The number of aromatic nitrogens is 1. The van der Waals surface area contributed by atoms with Gasteiger partial charge in [-0.25, -0.2) is 4.98 Å². The predicted octanol–water partition coefficient (Wildman–Crippen LogP) is 3.95. The van der Waals surface area contributed by atoms with Crippen LogP contribution in [0, 0.1) is 0 Å². The number of amides is 3. The zero-order valence-electron chi connectivity index (χ0n) is 18.0. The minimum Gasteiger partial charge on any atom is -0.366 e. The van der Waals surface area contributed by atoms with Crippen molar-refractivity contribution >= 4 is 51.4 Å². The summed E-state index contributed by atoms with van der Waals surface area (Å²) in [7, 11) is 0. The number of halogens is 1. The molecule has 0 radical (unpaired) electrons. The fourth-order valence-corrected chi connectivity index (χ4v) is 4.51. The van der Waals surface area contributed by atoms with E-state index >= 15 is 0 Å². The van der Waals surface area contributed by atoms with Crippen LogP contribution in [0.3, 0.4) is 0 Å². The van der Waals surface area contributed by atoms with E-state index in [1.54, 1.807) is 35.7 Å². The summed E-state index contributed by atoms with van der Waals surface area (Å²) in [6.07, 6.45) is 0.650. The van der Waals surface area contributed by atoms with Gasteiger partial charge in [-0.2, -0.15) is 0 Å². The number of benzene rings is 3. The second-order valence-corrected chi connectivity index (χ2v) is 8.90. The average molecular weight is 493 g/mol. The molecule has 0 saturated carbocycles. The first-order valence-electron chi connectivity index (χ1n) is 10.5. The number of rotatable bonds is 8. The van der Waals surface area contributed by atoms with Crippen molar-refractivity contribution in [2.75, 3.05) is 6.54 Å². The monoisotopic (exact) mass is 492 g/mol. The molecule has 9 heteroatoms. The Morgan fingerprint density at radius 2 is 1.68 bits per heavy atom. The molecule has 34 heavy (non-hydrogen) atoms. The molecular formula is C25H21ClN4O3S. The van der Waals surface area contributed by atoms with Crippen LogP contribution in [0.2, 0.25) is 5.02 Å². The zero-order chi connectivity index (χ0) is 24.1. The van der Waals surface area contributed by atoms with Gasteiger partial charge in [0.15, 0.2) is 0 Å². The van der Waals surface area contributed by atoms with Crippen molar-refractivity contribution in [3.8, 4) is 0 Å². The lowest BCUT2D eigenvalue weighted by atomic mass is 9.98. The molecule has 4 aromatic rings. The number of nitrogens with two attached hydrogens (primary N) is 1. The van der Waals surface area contributed by atoms with E-state index in [9.17, 15) is 14.4 Å². The summed E-state index contributed by atoms with van der Waals surface area (Å²) in [6, 6.07) is 17.8. The molecule has 1 heterocycles. The van der Waals surface area contributed by atoms with Crippen LogP contribution in [0.15, 0.2) is 66.0 Å². The van der Waals surface area contributed by atoms with Crippen molar-refractivity contribution in [1.82, 2.24) is 15.6 Å². The number of nitrogens with zero attached hydrogens (tertiary/aromatic N) is 1. The third kappa shape index (κ3) is 5.41. The summed E-state index contributed by atoms with van der Waals surface area (Å²) in [5, 5.41) is 9.80. The first-order valence-corrected chi connectivity index (χ1v) is 11.7. The Labute approximate surface area is 205 Å². The van der Waals surface area contributed by atoms with Crippen molar-refractivity contribution in [2.24, 2.45) is 5.73 Å². The molecule has 0 bridgehead atoms. The molecule has 0 atom stereocenters. The largest absolute Gasteiger partial charge is 0.366 e. The van der Waals surface area contributed by atoms with Gasteiger partial charge >= 0.3 is 0 Å². The van der Waals surface area contributed by atoms with Crippen LogP contribution in [0.1, 0.15) is 41.8 Å². The van der Waals surface area contributed by atoms with Crippen LogP contribution in [-0.4, -0.2) is 29.3 Å². The van der Waals surface area contributed by atoms with E-state index in [4.69, 9.17) is 17.3 Å². The third-order valence-corrected chi connectivity index (χ3v) is 6.27. The molecule has 1 aromatic heterocycles. The highest BCUT2D eigenvalue weighted by Crippen LogP contribution is 2.23. The minimum atomic E-state index is -0.600. The summed E-state index contributed by atoms with van der Waals surface area (Å²) in [5.41, 5.74) is 7.46. The van der Waals surface area contributed by atoms with Crippen molar-refractivity contribution in [1.29, 1.82) is 0 Å². The van der Waals surface area contributed by atoms with Gasteiger partial charge in [0.05, 0.1) is 6.54 Å². The van der Waals surface area contributed by atoms with Crippen LogP contribution in [0.25, 0.3) is 10.8 Å². The predicted molar refractivity (Wildman–Crippen MR) is 133 cm³/mol. The van der Waals surface area contributed by atoms with E-state index in [1.807, 2.05) is 30.3 Å². The molecule has 0 spiro atoms. The summed E-state index contributed by atoms with van der Waals surface area (Å²) in [5.74, 6) is -1.24. The van der Waals surface area contributed by atoms with E-state index in [1.165, 1.54) is 11.3 Å². The van der Waals surface area contributed by atoms with Gasteiger partial charge in [0.2, 0.25) is 5.91 Å². The SMILES string of the molecule is NC(=O)c1cccc2cccc(C(=O)NCc3nc(C(=O)NCCc4cccc(Cl)c4)cs3)c12. The van der Waals surface area contributed by atoms with Crippen LogP contribution < -0.4 is 16.4 Å². The Balaban J connectivity index is 1.37. The Morgan fingerprint density at radius 3 is 2.41 bits per heavy atom.